The van der Waals surface area contributed by atoms with Crippen molar-refractivity contribution in [3.05, 3.63) is 58.1 Å². The lowest BCUT2D eigenvalue weighted by atomic mass is 9.57. The summed E-state index contributed by atoms with van der Waals surface area (Å²) < 4.78 is 40.7. The molecule has 2 aliphatic heterocycles. The zero-order valence-corrected chi connectivity index (χ0v) is 25.2. The van der Waals surface area contributed by atoms with Gasteiger partial charge in [-0.05, 0) is 111 Å². The van der Waals surface area contributed by atoms with Crippen LogP contribution in [0.2, 0.25) is 5.02 Å². The Morgan fingerprint density at radius 1 is 1.07 bits per heavy atom. The van der Waals surface area contributed by atoms with Crippen LogP contribution in [0, 0.1) is 17.8 Å². The first-order valence-electron chi connectivity index (χ1n) is 15.2. The second-order valence-corrected chi connectivity index (χ2v) is 15.2. The topological polar surface area (TPSA) is 84.9 Å². The Kier molecular flexibility index (Phi) is 7.02. The molecular formula is C32H39ClN2O5S. The zero-order valence-electron chi connectivity index (χ0n) is 23.6. The SMILES string of the molecule is CO[C@@H]1[C@H]2CCCCS(=O)(=O)NC(=O)c3ccc4c(c3)N(C[C@@]3(CCCc5cc(Cl)ccc53)CO4)C(C2)[C@@H]2CC[C@@H]12. The van der Waals surface area contributed by atoms with Gasteiger partial charge in [-0.1, -0.05) is 24.1 Å². The van der Waals surface area contributed by atoms with Gasteiger partial charge in [-0.2, -0.15) is 0 Å². The number of benzene rings is 2. The van der Waals surface area contributed by atoms with E-state index in [0.717, 1.165) is 68.0 Å². The minimum Gasteiger partial charge on any atom is -0.490 e. The van der Waals surface area contributed by atoms with E-state index in [0.29, 0.717) is 42.4 Å². The van der Waals surface area contributed by atoms with Crippen LogP contribution >= 0.6 is 11.6 Å². The van der Waals surface area contributed by atoms with Crippen molar-refractivity contribution in [3.8, 4) is 5.75 Å². The Balaban J connectivity index is 1.37. The van der Waals surface area contributed by atoms with Crippen LogP contribution in [0.25, 0.3) is 0 Å². The van der Waals surface area contributed by atoms with Gasteiger partial charge in [0.25, 0.3) is 5.91 Å². The maximum absolute atomic E-state index is 13.2. The summed E-state index contributed by atoms with van der Waals surface area (Å²) in [6.45, 7) is 1.34. The number of halogens is 1. The van der Waals surface area contributed by atoms with Crippen molar-refractivity contribution >= 4 is 33.2 Å². The first-order valence-corrected chi connectivity index (χ1v) is 17.2. The number of hydrogen-bond donors (Lipinski definition) is 1. The average Bonchev–Trinajstić information content (AvgIpc) is 3.08. The fourth-order valence-corrected chi connectivity index (χ4v) is 9.97. The standard InChI is InChI=1S/C32H39ClN2O5S/c1-39-30-21-5-2-3-14-41(37,38)34-31(36)22-7-12-29-28(17-22)35(27(16-21)24-9-10-25(24)30)18-32(19-40-29)13-4-6-20-15-23(33)8-11-26(20)32/h7-8,11-12,15,17,21,24-25,27,30H,2-6,9-10,13-14,16,18-19H2,1H3,(H,34,36)/t21-,24+,25+,27?,30+,32-/m0/s1. The number of rotatable bonds is 1. The van der Waals surface area contributed by atoms with Crippen LogP contribution in [0.4, 0.5) is 5.69 Å². The van der Waals surface area contributed by atoms with E-state index in [2.05, 4.69) is 21.8 Å². The van der Waals surface area contributed by atoms with Crippen LogP contribution in [0.5, 0.6) is 5.75 Å². The molecule has 3 aliphatic carbocycles. The fraction of sp³-hybridized carbons (Fsp3) is 0.594. The molecule has 6 atom stereocenters. The van der Waals surface area contributed by atoms with Gasteiger partial charge in [0.05, 0.1) is 24.2 Å². The molecular weight excluding hydrogens is 560 g/mol. The number of methoxy groups -OCH3 is 1. The van der Waals surface area contributed by atoms with Crippen molar-refractivity contribution in [1.82, 2.24) is 4.72 Å². The normalized spacial score (nSPS) is 34.1. The number of sulfonamides is 1. The molecule has 2 fully saturated rings. The lowest BCUT2D eigenvalue weighted by Crippen LogP contribution is -2.60. The Labute approximate surface area is 248 Å². The molecule has 2 aromatic carbocycles. The van der Waals surface area contributed by atoms with E-state index in [1.165, 1.54) is 17.5 Å². The number of carbonyl (C=O) groups excluding carboxylic acids is 1. The molecule has 4 bridgehead atoms. The van der Waals surface area contributed by atoms with E-state index in [1.807, 2.05) is 25.3 Å². The van der Waals surface area contributed by atoms with Crippen molar-refractivity contribution in [1.29, 1.82) is 0 Å². The number of ether oxygens (including phenoxy) is 2. The van der Waals surface area contributed by atoms with Gasteiger partial charge in [0, 0.05) is 35.7 Å². The van der Waals surface area contributed by atoms with Crippen molar-refractivity contribution in [3.63, 3.8) is 0 Å². The summed E-state index contributed by atoms with van der Waals surface area (Å²) in [6.07, 6.45) is 8.87. The largest absolute Gasteiger partial charge is 0.490 e. The summed E-state index contributed by atoms with van der Waals surface area (Å²) >= 11 is 6.44. The third-order valence-electron chi connectivity index (χ3n) is 10.7. The Bertz CT molecular complexity index is 1460. The maximum atomic E-state index is 13.2. The number of hydrogen-bond acceptors (Lipinski definition) is 6. The van der Waals surface area contributed by atoms with Crippen LogP contribution in [-0.4, -0.2) is 52.5 Å². The van der Waals surface area contributed by atoms with Crippen LogP contribution in [0.3, 0.4) is 0 Å². The molecule has 0 radical (unpaired) electrons. The molecule has 5 aliphatic rings. The van der Waals surface area contributed by atoms with Gasteiger partial charge in [-0.25, -0.2) is 13.1 Å². The zero-order chi connectivity index (χ0) is 28.4. The van der Waals surface area contributed by atoms with Gasteiger partial charge in [0.2, 0.25) is 10.0 Å². The van der Waals surface area contributed by atoms with E-state index in [4.69, 9.17) is 21.1 Å². The van der Waals surface area contributed by atoms with Crippen molar-refractivity contribution in [2.75, 3.05) is 30.9 Å². The number of aryl methyl sites for hydroxylation is 1. The quantitative estimate of drug-likeness (QED) is 0.468. The van der Waals surface area contributed by atoms with E-state index < -0.39 is 15.9 Å². The Morgan fingerprint density at radius 3 is 2.73 bits per heavy atom. The number of fused-ring (bicyclic) bond motifs is 8. The van der Waals surface area contributed by atoms with Crippen LogP contribution < -0.4 is 14.4 Å². The predicted molar refractivity (Wildman–Crippen MR) is 159 cm³/mol. The molecule has 2 aromatic rings. The first kappa shape index (κ1) is 27.5. The van der Waals surface area contributed by atoms with E-state index >= 15 is 0 Å². The monoisotopic (exact) mass is 598 g/mol. The number of nitrogens with one attached hydrogen (secondary N) is 1. The van der Waals surface area contributed by atoms with Crippen molar-refractivity contribution in [2.45, 2.75) is 75.3 Å². The summed E-state index contributed by atoms with van der Waals surface area (Å²) in [4.78, 5) is 15.8. The molecule has 2 heterocycles. The van der Waals surface area contributed by atoms with Gasteiger partial charge >= 0.3 is 0 Å². The molecule has 9 heteroatoms. The number of anilines is 1. The molecule has 7 nitrogen and oxygen atoms in total. The van der Waals surface area contributed by atoms with Crippen LogP contribution in [0.1, 0.15) is 72.9 Å². The fourth-order valence-electron chi connectivity index (χ4n) is 8.69. The first-order chi connectivity index (χ1) is 19.8. The highest BCUT2D eigenvalue weighted by molar-refractivity contribution is 7.90. The Morgan fingerprint density at radius 2 is 1.93 bits per heavy atom. The molecule has 0 aromatic heterocycles. The van der Waals surface area contributed by atoms with Gasteiger partial charge < -0.3 is 14.4 Å². The molecule has 1 amide bonds. The van der Waals surface area contributed by atoms with Gasteiger partial charge in [-0.15, -0.1) is 0 Å². The third kappa shape index (κ3) is 4.84. The maximum Gasteiger partial charge on any atom is 0.264 e. The lowest BCUT2D eigenvalue weighted by molar-refractivity contribution is -0.0971. The second kappa shape index (κ2) is 10.5. The summed E-state index contributed by atoms with van der Waals surface area (Å²) in [6, 6.07) is 12.0. The highest BCUT2D eigenvalue weighted by Crippen LogP contribution is 2.54. The van der Waals surface area contributed by atoms with E-state index in [-0.39, 0.29) is 17.3 Å². The van der Waals surface area contributed by atoms with Gasteiger partial charge in [-0.3, -0.25) is 4.79 Å². The number of carbonyl (C=O) groups is 1. The van der Waals surface area contributed by atoms with E-state index in [9.17, 15) is 13.2 Å². The summed E-state index contributed by atoms with van der Waals surface area (Å²) in [5, 5.41) is 0.764. The highest BCUT2D eigenvalue weighted by atomic mass is 35.5. The van der Waals surface area contributed by atoms with Crippen LogP contribution in [0.15, 0.2) is 36.4 Å². The van der Waals surface area contributed by atoms with Crippen molar-refractivity contribution in [2.24, 2.45) is 17.8 Å². The minimum atomic E-state index is -3.73. The molecule has 2 saturated carbocycles. The summed E-state index contributed by atoms with van der Waals surface area (Å²) in [5.41, 5.74) is 3.65. The molecule has 41 heavy (non-hydrogen) atoms. The number of amides is 1. The molecule has 1 N–H and O–H groups in total. The Hall–Kier alpha value is -2.29. The second-order valence-electron chi connectivity index (χ2n) is 12.9. The highest BCUT2D eigenvalue weighted by Gasteiger charge is 2.53. The summed E-state index contributed by atoms with van der Waals surface area (Å²) in [7, 11) is -1.89. The third-order valence-corrected chi connectivity index (χ3v) is 12.3. The minimum absolute atomic E-state index is 0.0509. The van der Waals surface area contributed by atoms with Crippen molar-refractivity contribution < 1.29 is 22.7 Å². The van der Waals surface area contributed by atoms with Gasteiger partial charge in [0.1, 0.15) is 5.75 Å². The molecule has 220 valence electrons. The lowest BCUT2D eigenvalue weighted by Gasteiger charge is -2.57. The van der Waals surface area contributed by atoms with Crippen LogP contribution in [-0.2, 0) is 26.6 Å². The molecule has 1 unspecified atom stereocenters. The van der Waals surface area contributed by atoms with Gasteiger partial charge in [0.15, 0.2) is 0 Å². The molecule has 7 rings (SSSR count). The average molecular weight is 599 g/mol. The molecule has 1 spiro atoms. The smallest absolute Gasteiger partial charge is 0.264 e. The summed E-state index contributed by atoms with van der Waals surface area (Å²) in [5.74, 6) is 1.49. The van der Waals surface area contributed by atoms with E-state index in [1.54, 1.807) is 6.07 Å². The number of nitrogens with zero attached hydrogens (tertiary/aromatic N) is 1. The predicted octanol–water partition coefficient (Wildman–Crippen LogP) is 5.49. The molecule has 0 saturated heterocycles.